The summed E-state index contributed by atoms with van der Waals surface area (Å²) in [5.41, 5.74) is 0.103. The molecule has 0 spiro atoms. The zero-order valence-electron chi connectivity index (χ0n) is 6.25. The Morgan fingerprint density at radius 1 is 1.67 bits per heavy atom. The Balaban J connectivity index is 2.79. The number of halogens is 2. The molecule has 0 radical (unpaired) electrons. The Kier molecular flexibility index (Phi) is 1.73. The first-order valence-electron chi connectivity index (χ1n) is 3.34. The monoisotopic (exact) mass is 204 g/mol. The number of aromatic nitrogens is 2. The molecule has 0 saturated carbocycles. The average molecular weight is 205 g/mol. The number of hydrogen-bond donors (Lipinski definition) is 1. The van der Waals surface area contributed by atoms with Crippen molar-refractivity contribution < 1.29 is 0 Å². The van der Waals surface area contributed by atoms with Crippen LogP contribution in [0.15, 0.2) is 11.3 Å². The minimum Gasteiger partial charge on any atom is -0.341 e. The molecule has 0 fully saturated rings. The highest BCUT2D eigenvalue weighted by Crippen LogP contribution is 2.15. The lowest BCUT2D eigenvalue weighted by molar-refractivity contribution is 0.442. The van der Waals surface area contributed by atoms with Gasteiger partial charge in [0.15, 0.2) is 5.49 Å². The molecular formula is C6H6Cl2N4. The molecule has 1 aromatic rings. The van der Waals surface area contributed by atoms with Gasteiger partial charge in [-0.1, -0.05) is 23.2 Å². The van der Waals surface area contributed by atoms with E-state index in [1.54, 1.807) is 18.3 Å². The number of H-pyrrole nitrogens is 1. The van der Waals surface area contributed by atoms with Crippen LogP contribution in [0, 0.1) is 0 Å². The molecule has 0 amide bonds. The summed E-state index contributed by atoms with van der Waals surface area (Å²) in [6.07, 6.45) is 1.54. The maximum atomic E-state index is 5.96. The molecule has 4 nitrogen and oxygen atoms in total. The van der Waals surface area contributed by atoms with E-state index in [1.165, 1.54) is 0 Å². The summed E-state index contributed by atoms with van der Waals surface area (Å²) < 4.78 is 0. The highest BCUT2D eigenvalue weighted by atomic mass is 35.5. The van der Waals surface area contributed by atoms with E-state index >= 15 is 0 Å². The predicted molar refractivity (Wildman–Crippen MR) is 46.0 cm³/mol. The van der Waals surface area contributed by atoms with Crippen LogP contribution in [0.2, 0.25) is 0 Å². The van der Waals surface area contributed by atoms with Crippen LogP contribution in [0.25, 0.3) is 5.16 Å². The van der Waals surface area contributed by atoms with Gasteiger partial charge in [0.25, 0.3) is 0 Å². The zero-order valence-corrected chi connectivity index (χ0v) is 7.76. The third-order valence-corrected chi connectivity index (χ3v) is 2.53. The molecule has 2 heterocycles. The molecule has 6 heteroatoms. The number of nitrogens with one attached hydrogen (secondary N) is 1. The number of hydrogen-bond acceptors (Lipinski definition) is 3. The molecule has 1 unspecified atom stereocenters. The van der Waals surface area contributed by atoms with Gasteiger partial charge >= 0.3 is 0 Å². The standard InChI is InChI=1S/C6H6Cl2N4/c1-12-4(7)3-5(10-2-9-3)11-6(12)8/h2,6H,1H3,(H,9,10,11). The molecule has 1 N–H and O–H groups in total. The summed E-state index contributed by atoms with van der Waals surface area (Å²) in [6, 6.07) is 0. The van der Waals surface area contributed by atoms with Crippen molar-refractivity contribution in [1.82, 2.24) is 14.9 Å². The number of aromatic amines is 1. The number of rotatable bonds is 0. The van der Waals surface area contributed by atoms with Crippen molar-refractivity contribution in [1.29, 1.82) is 0 Å². The first-order valence-corrected chi connectivity index (χ1v) is 4.15. The van der Waals surface area contributed by atoms with Crippen LogP contribution >= 0.6 is 23.2 Å². The molecule has 1 aliphatic heterocycles. The van der Waals surface area contributed by atoms with Crippen LogP contribution in [0.4, 0.5) is 0 Å². The summed E-state index contributed by atoms with van der Waals surface area (Å²) in [5.74, 6) is 0. The van der Waals surface area contributed by atoms with Gasteiger partial charge in [-0.25, -0.2) is 9.98 Å². The Morgan fingerprint density at radius 3 is 3.17 bits per heavy atom. The van der Waals surface area contributed by atoms with Crippen LogP contribution in [-0.4, -0.2) is 27.5 Å². The lowest BCUT2D eigenvalue weighted by atomic mass is 10.5. The van der Waals surface area contributed by atoms with E-state index in [-0.39, 0.29) is 0 Å². The summed E-state index contributed by atoms with van der Waals surface area (Å²) in [5, 5.41) is 1.26. The van der Waals surface area contributed by atoms with Crippen molar-refractivity contribution in [3.8, 4) is 0 Å². The van der Waals surface area contributed by atoms with Crippen LogP contribution in [-0.2, 0) is 0 Å². The van der Waals surface area contributed by atoms with E-state index in [4.69, 9.17) is 23.2 Å². The maximum absolute atomic E-state index is 5.96. The maximum Gasteiger partial charge on any atom is 0.200 e. The SMILES string of the molecule is CN1C(Cl)=c2[nH]cnc2=NC1Cl. The van der Waals surface area contributed by atoms with E-state index in [0.29, 0.717) is 10.6 Å². The van der Waals surface area contributed by atoms with E-state index in [0.717, 1.165) is 5.35 Å². The molecule has 64 valence electrons. The first-order chi connectivity index (χ1) is 5.70. The molecule has 0 aromatic carbocycles. The molecule has 0 saturated heterocycles. The van der Waals surface area contributed by atoms with Gasteiger partial charge in [0.05, 0.1) is 6.33 Å². The second kappa shape index (κ2) is 2.64. The minimum atomic E-state index is -0.465. The molecule has 2 rings (SSSR count). The number of nitrogens with zero attached hydrogens (tertiary/aromatic N) is 3. The quantitative estimate of drug-likeness (QED) is 0.471. The normalized spacial score (nSPS) is 22.1. The average Bonchev–Trinajstić information content (AvgIpc) is 2.48. The van der Waals surface area contributed by atoms with E-state index in [1.807, 2.05) is 0 Å². The predicted octanol–water partition coefficient (Wildman–Crippen LogP) is -0.198. The lowest BCUT2D eigenvalue weighted by Gasteiger charge is -2.21. The van der Waals surface area contributed by atoms with Gasteiger partial charge in [-0.05, 0) is 0 Å². The van der Waals surface area contributed by atoms with Gasteiger partial charge in [0.2, 0.25) is 5.62 Å². The smallest absolute Gasteiger partial charge is 0.200 e. The van der Waals surface area contributed by atoms with Gasteiger partial charge in [-0.15, -0.1) is 0 Å². The molecule has 1 aliphatic rings. The second-order valence-corrected chi connectivity index (χ2v) is 3.19. The molecule has 12 heavy (non-hydrogen) atoms. The van der Waals surface area contributed by atoms with Crippen LogP contribution in [0.5, 0.6) is 0 Å². The fraction of sp³-hybridized carbons (Fsp3) is 0.333. The van der Waals surface area contributed by atoms with Crippen molar-refractivity contribution in [2.45, 2.75) is 5.62 Å². The molecular weight excluding hydrogens is 199 g/mol. The third kappa shape index (κ3) is 0.990. The van der Waals surface area contributed by atoms with E-state index in [2.05, 4.69) is 15.0 Å². The van der Waals surface area contributed by atoms with Gasteiger partial charge in [0.1, 0.15) is 10.5 Å². The summed E-state index contributed by atoms with van der Waals surface area (Å²) in [4.78, 5) is 12.6. The summed E-state index contributed by atoms with van der Waals surface area (Å²) >= 11 is 11.8. The summed E-state index contributed by atoms with van der Waals surface area (Å²) in [7, 11) is 1.77. The van der Waals surface area contributed by atoms with E-state index < -0.39 is 5.62 Å². The lowest BCUT2D eigenvalue weighted by Crippen LogP contribution is -2.40. The van der Waals surface area contributed by atoms with Crippen molar-refractivity contribution >= 4 is 28.4 Å². The zero-order chi connectivity index (χ0) is 8.72. The van der Waals surface area contributed by atoms with Crippen LogP contribution < -0.4 is 10.8 Å². The van der Waals surface area contributed by atoms with Gasteiger partial charge in [-0.2, -0.15) is 0 Å². The van der Waals surface area contributed by atoms with Crippen molar-refractivity contribution in [2.24, 2.45) is 4.99 Å². The Hall–Kier alpha value is -0.740. The largest absolute Gasteiger partial charge is 0.341 e. The van der Waals surface area contributed by atoms with Crippen molar-refractivity contribution in [3.63, 3.8) is 0 Å². The minimum absolute atomic E-state index is 0.465. The van der Waals surface area contributed by atoms with Crippen molar-refractivity contribution in [3.05, 3.63) is 17.2 Å². The summed E-state index contributed by atoms with van der Waals surface area (Å²) in [6.45, 7) is 0. The Labute approximate surface area is 78.5 Å². The van der Waals surface area contributed by atoms with Crippen LogP contribution in [0.1, 0.15) is 0 Å². The second-order valence-electron chi connectivity index (χ2n) is 2.44. The molecule has 0 aliphatic carbocycles. The number of fused-ring (bicyclic) bond motifs is 1. The van der Waals surface area contributed by atoms with Gasteiger partial charge in [0, 0.05) is 7.05 Å². The van der Waals surface area contributed by atoms with Gasteiger partial charge in [-0.3, -0.25) is 0 Å². The highest BCUT2D eigenvalue weighted by molar-refractivity contribution is 6.44. The third-order valence-electron chi connectivity index (χ3n) is 1.68. The van der Waals surface area contributed by atoms with Gasteiger partial charge < -0.3 is 9.88 Å². The Bertz CT molecular complexity index is 409. The number of alkyl halides is 1. The fourth-order valence-corrected chi connectivity index (χ4v) is 1.47. The topological polar surface area (TPSA) is 44.3 Å². The van der Waals surface area contributed by atoms with Crippen LogP contribution in [0.3, 0.4) is 0 Å². The molecule has 1 atom stereocenters. The molecule has 0 bridgehead atoms. The highest BCUT2D eigenvalue weighted by Gasteiger charge is 2.17. The first kappa shape index (κ1) is 7.89. The molecule has 1 aromatic heterocycles. The number of imidazole rings is 1. The van der Waals surface area contributed by atoms with Crippen molar-refractivity contribution in [2.75, 3.05) is 7.05 Å². The fourth-order valence-electron chi connectivity index (χ4n) is 0.994. The van der Waals surface area contributed by atoms with E-state index in [9.17, 15) is 0 Å². The Morgan fingerprint density at radius 2 is 2.42 bits per heavy atom.